The van der Waals surface area contributed by atoms with Crippen LogP contribution in [0.25, 0.3) is 0 Å². The number of halogens is 1. The van der Waals surface area contributed by atoms with Gasteiger partial charge in [0.1, 0.15) is 5.82 Å². The lowest BCUT2D eigenvalue weighted by Crippen LogP contribution is -2.27. The molecule has 0 spiro atoms. The van der Waals surface area contributed by atoms with E-state index < -0.39 is 0 Å². The average molecular weight is 317 g/mol. The van der Waals surface area contributed by atoms with Crippen LogP contribution in [0.2, 0.25) is 0 Å². The van der Waals surface area contributed by atoms with E-state index in [9.17, 15) is 9.18 Å². The Labute approximate surface area is 136 Å². The van der Waals surface area contributed by atoms with E-state index in [1.165, 1.54) is 12.1 Å². The van der Waals surface area contributed by atoms with E-state index >= 15 is 0 Å². The van der Waals surface area contributed by atoms with Crippen LogP contribution in [0.15, 0.2) is 24.3 Å². The van der Waals surface area contributed by atoms with Crippen molar-refractivity contribution in [3.63, 3.8) is 0 Å². The third kappa shape index (κ3) is 4.41. The maximum atomic E-state index is 12.9. The van der Waals surface area contributed by atoms with Crippen LogP contribution in [0, 0.1) is 19.7 Å². The summed E-state index contributed by atoms with van der Waals surface area (Å²) in [6.45, 7) is 6.55. The Morgan fingerprint density at radius 1 is 1.30 bits per heavy atom. The smallest absolute Gasteiger partial charge is 0.220 e. The highest BCUT2D eigenvalue weighted by molar-refractivity contribution is 5.76. The van der Waals surface area contributed by atoms with Crippen molar-refractivity contribution in [2.45, 2.75) is 39.5 Å². The van der Waals surface area contributed by atoms with Gasteiger partial charge in [-0.05, 0) is 49.4 Å². The molecule has 1 atom stereocenters. The predicted molar refractivity (Wildman–Crippen MR) is 88.8 cm³/mol. The van der Waals surface area contributed by atoms with Crippen molar-refractivity contribution in [1.29, 1.82) is 0 Å². The fourth-order valence-corrected chi connectivity index (χ4v) is 2.68. The molecule has 0 aliphatic rings. The minimum atomic E-state index is -0.243. The number of benzene rings is 1. The molecule has 0 saturated carbocycles. The first-order valence-electron chi connectivity index (χ1n) is 7.89. The van der Waals surface area contributed by atoms with Crippen LogP contribution in [0.1, 0.15) is 41.8 Å². The second kappa shape index (κ2) is 7.40. The molecule has 5 heteroatoms. The topological polar surface area (TPSA) is 46.9 Å². The zero-order valence-electron chi connectivity index (χ0n) is 14.2. The molecule has 0 aliphatic carbocycles. The summed E-state index contributed by atoms with van der Waals surface area (Å²) in [5.41, 5.74) is 4.26. The molecular weight excluding hydrogens is 293 g/mol. The highest BCUT2D eigenvalue weighted by atomic mass is 19.1. The summed E-state index contributed by atoms with van der Waals surface area (Å²) in [5.74, 6) is -0.0600. The Kier molecular flexibility index (Phi) is 5.53. The van der Waals surface area contributed by atoms with Crippen molar-refractivity contribution in [1.82, 2.24) is 15.1 Å². The molecule has 0 bridgehead atoms. The molecule has 4 nitrogen and oxygen atoms in total. The Bertz CT molecular complexity index is 676. The quantitative estimate of drug-likeness (QED) is 0.890. The van der Waals surface area contributed by atoms with E-state index in [1.54, 1.807) is 12.1 Å². The first kappa shape index (κ1) is 17.2. The van der Waals surface area contributed by atoms with E-state index in [1.807, 2.05) is 32.5 Å². The molecule has 1 amide bonds. The molecule has 1 aromatic carbocycles. The molecule has 23 heavy (non-hydrogen) atoms. The van der Waals surface area contributed by atoms with Crippen LogP contribution in [-0.4, -0.2) is 22.2 Å². The van der Waals surface area contributed by atoms with Gasteiger partial charge >= 0.3 is 0 Å². The van der Waals surface area contributed by atoms with Crippen LogP contribution >= 0.6 is 0 Å². The Morgan fingerprint density at radius 3 is 2.52 bits per heavy atom. The molecule has 2 rings (SSSR count). The standard InChI is InChI=1S/C18H24FN3O/c1-12(15-5-7-16(19)8-6-15)11-20-18(23)10-9-17-13(2)21-22(4)14(17)3/h5-8,12H,9-11H2,1-4H3,(H,20,23). The zero-order valence-corrected chi connectivity index (χ0v) is 14.2. The average Bonchev–Trinajstić information content (AvgIpc) is 2.76. The largest absolute Gasteiger partial charge is 0.355 e. The van der Waals surface area contributed by atoms with Crippen LogP contribution < -0.4 is 5.32 Å². The lowest BCUT2D eigenvalue weighted by Gasteiger charge is -2.13. The predicted octanol–water partition coefficient (Wildman–Crippen LogP) is 3.03. The van der Waals surface area contributed by atoms with Crippen molar-refractivity contribution >= 4 is 5.91 Å². The van der Waals surface area contributed by atoms with Crippen molar-refractivity contribution in [3.8, 4) is 0 Å². The minimum Gasteiger partial charge on any atom is -0.355 e. The molecule has 1 heterocycles. The lowest BCUT2D eigenvalue weighted by atomic mass is 10.0. The summed E-state index contributed by atoms with van der Waals surface area (Å²) >= 11 is 0. The number of nitrogens with one attached hydrogen (secondary N) is 1. The number of carbonyl (C=O) groups is 1. The summed E-state index contributed by atoms with van der Waals surface area (Å²) in [7, 11) is 1.91. The molecule has 0 saturated heterocycles. The lowest BCUT2D eigenvalue weighted by molar-refractivity contribution is -0.121. The number of hydrogen-bond donors (Lipinski definition) is 1. The summed E-state index contributed by atoms with van der Waals surface area (Å²) in [6.07, 6.45) is 1.14. The maximum Gasteiger partial charge on any atom is 0.220 e. The summed E-state index contributed by atoms with van der Waals surface area (Å²) in [4.78, 5) is 12.0. The van der Waals surface area contributed by atoms with Crippen molar-refractivity contribution < 1.29 is 9.18 Å². The Balaban J connectivity index is 1.82. The van der Waals surface area contributed by atoms with E-state index in [0.29, 0.717) is 19.4 Å². The summed E-state index contributed by atoms with van der Waals surface area (Å²) in [6, 6.07) is 6.41. The van der Waals surface area contributed by atoms with Crippen LogP contribution in [0.5, 0.6) is 0 Å². The first-order chi connectivity index (χ1) is 10.9. The number of amides is 1. The van der Waals surface area contributed by atoms with E-state index in [4.69, 9.17) is 0 Å². The van der Waals surface area contributed by atoms with Gasteiger partial charge in [0.15, 0.2) is 0 Å². The SMILES string of the molecule is Cc1nn(C)c(C)c1CCC(=O)NCC(C)c1ccc(F)cc1. The number of carbonyl (C=O) groups excluding carboxylic acids is 1. The fraction of sp³-hybridized carbons (Fsp3) is 0.444. The van der Waals surface area contributed by atoms with Crippen LogP contribution in [0.4, 0.5) is 4.39 Å². The van der Waals surface area contributed by atoms with Gasteiger partial charge in [-0.1, -0.05) is 19.1 Å². The zero-order chi connectivity index (χ0) is 17.0. The van der Waals surface area contributed by atoms with E-state index in [2.05, 4.69) is 10.4 Å². The van der Waals surface area contributed by atoms with Gasteiger partial charge in [0, 0.05) is 25.7 Å². The Hall–Kier alpha value is -2.17. The van der Waals surface area contributed by atoms with Gasteiger partial charge in [-0.3, -0.25) is 9.48 Å². The summed E-state index contributed by atoms with van der Waals surface area (Å²) < 4.78 is 14.8. The molecule has 1 unspecified atom stereocenters. The van der Waals surface area contributed by atoms with Gasteiger partial charge < -0.3 is 5.32 Å². The third-order valence-corrected chi connectivity index (χ3v) is 4.31. The van der Waals surface area contributed by atoms with Crippen LogP contribution in [0.3, 0.4) is 0 Å². The monoisotopic (exact) mass is 317 g/mol. The molecule has 0 radical (unpaired) electrons. The highest BCUT2D eigenvalue weighted by Gasteiger charge is 2.12. The number of hydrogen-bond acceptors (Lipinski definition) is 2. The highest BCUT2D eigenvalue weighted by Crippen LogP contribution is 2.16. The minimum absolute atomic E-state index is 0.0293. The molecule has 0 fully saturated rings. The van der Waals surface area contributed by atoms with Gasteiger partial charge in [0.2, 0.25) is 5.91 Å². The van der Waals surface area contributed by atoms with Crippen molar-refractivity contribution in [2.75, 3.05) is 6.54 Å². The molecule has 124 valence electrons. The molecule has 1 N–H and O–H groups in total. The van der Waals surface area contributed by atoms with Crippen molar-refractivity contribution in [3.05, 3.63) is 52.6 Å². The van der Waals surface area contributed by atoms with E-state index in [0.717, 1.165) is 22.5 Å². The van der Waals surface area contributed by atoms with Gasteiger partial charge in [-0.25, -0.2) is 4.39 Å². The normalized spacial score (nSPS) is 12.2. The second-order valence-corrected chi connectivity index (χ2v) is 6.03. The van der Waals surface area contributed by atoms with Crippen LogP contribution in [-0.2, 0) is 18.3 Å². The second-order valence-electron chi connectivity index (χ2n) is 6.03. The number of nitrogens with zero attached hydrogens (tertiary/aromatic N) is 2. The summed E-state index contributed by atoms with van der Waals surface area (Å²) in [5, 5.41) is 7.32. The first-order valence-corrected chi connectivity index (χ1v) is 7.89. The molecule has 2 aromatic rings. The number of aromatic nitrogens is 2. The Morgan fingerprint density at radius 2 is 1.96 bits per heavy atom. The van der Waals surface area contributed by atoms with Gasteiger partial charge in [-0.2, -0.15) is 5.10 Å². The van der Waals surface area contributed by atoms with Crippen molar-refractivity contribution in [2.24, 2.45) is 7.05 Å². The van der Waals surface area contributed by atoms with Gasteiger partial charge in [0.25, 0.3) is 0 Å². The number of rotatable bonds is 6. The van der Waals surface area contributed by atoms with E-state index in [-0.39, 0.29) is 17.6 Å². The molecular formula is C18H24FN3O. The number of aryl methyl sites for hydroxylation is 2. The maximum absolute atomic E-state index is 12.9. The van der Waals surface area contributed by atoms with Gasteiger partial charge in [0.05, 0.1) is 5.69 Å². The molecule has 0 aliphatic heterocycles. The molecule has 1 aromatic heterocycles. The van der Waals surface area contributed by atoms with Gasteiger partial charge in [-0.15, -0.1) is 0 Å². The third-order valence-electron chi connectivity index (χ3n) is 4.31. The fourth-order valence-electron chi connectivity index (χ4n) is 2.68.